The quantitative estimate of drug-likeness (QED) is 0.831. The van der Waals surface area contributed by atoms with Crippen molar-refractivity contribution in [2.45, 2.75) is 43.0 Å². The number of hydrogen-bond acceptors (Lipinski definition) is 5. The predicted octanol–water partition coefficient (Wildman–Crippen LogP) is 1.08. The molecular formula is C14H17ClNO5S-. The summed E-state index contributed by atoms with van der Waals surface area (Å²) < 4.78 is 32.2. The Hall–Kier alpha value is -1.31. The zero-order chi connectivity index (χ0) is 16.2. The number of carboxylic acid groups (broad SMARTS) is 1. The van der Waals surface area contributed by atoms with Gasteiger partial charge in [0.05, 0.1) is 15.9 Å². The normalized spacial score (nSPS) is 16.4. The second-order valence-corrected chi connectivity index (χ2v) is 7.33. The van der Waals surface area contributed by atoms with Crippen LogP contribution in [-0.4, -0.2) is 27.0 Å². The monoisotopic (exact) mass is 346 g/mol. The van der Waals surface area contributed by atoms with Gasteiger partial charge in [-0.3, -0.25) is 0 Å². The fraction of sp³-hybridized carbons (Fsp3) is 0.500. The van der Waals surface area contributed by atoms with Crippen LogP contribution in [0.5, 0.6) is 5.75 Å². The summed E-state index contributed by atoms with van der Waals surface area (Å²) in [5, 5.41) is 10.4. The summed E-state index contributed by atoms with van der Waals surface area (Å²) >= 11 is 5.93. The third kappa shape index (κ3) is 4.59. The maximum atomic E-state index is 12.3. The van der Waals surface area contributed by atoms with Gasteiger partial charge in [0.2, 0.25) is 10.0 Å². The average molecular weight is 347 g/mol. The molecule has 0 radical (unpaired) electrons. The first-order valence-electron chi connectivity index (χ1n) is 7.03. The number of benzene rings is 1. The fourth-order valence-electron chi connectivity index (χ4n) is 2.41. The van der Waals surface area contributed by atoms with E-state index in [0.717, 1.165) is 32.1 Å². The van der Waals surface area contributed by atoms with E-state index in [1.165, 1.54) is 18.2 Å². The lowest BCUT2D eigenvalue weighted by atomic mass is 9.96. The van der Waals surface area contributed by atoms with E-state index < -0.39 is 22.6 Å². The summed E-state index contributed by atoms with van der Waals surface area (Å²) in [5.41, 5.74) is 0. The number of hydrogen-bond donors (Lipinski definition) is 1. The van der Waals surface area contributed by atoms with Crippen LogP contribution in [0.15, 0.2) is 23.1 Å². The van der Waals surface area contributed by atoms with Crippen molar-refractivity contribution in [1.82, 2.24) is 4.72 Å². The largest absolute Gasteiger partial charge is 0.546 e. The summed E-state index contributed by atoms with van der Waals surface area (Å²) in [6, 6.07) is 3.87. The molecule has 1 fully saturated rings. The predicted molar refractivity (Wildman–Crippen MR) is 79.1 cm³/mol. The highest BCUT2D eigenvalue weighted by Gasteiger charge is 2.22. The highest BCUT2D eigenvalue weighted by atomic mass is 35.5. The molecule has 1 saturated carbocycles. The molecule has 0 bridgehead atoms. The molecule has 0 unspecified atom stereocenters. The second-order valence-electron chi connectivity index (χ2n) is 5.21. The number of sulfonamides is 1. The molecular weight excluding hydrogens is 330 g/mol. The molecule has 1 aliphatic carbocycles. The van der Waals surface area contributed by atoms with Crippen molar-refractivity contribution >= 4 is 27.6 Å². The molecule has 8 heteroatoms. The van der Waals surface area contributed by atoms with Crippen molar-refractivity contribution in [3.8, 4) is 5.75 Å². The number of ether oxygens (including phenoxy) is 1. The first-order chi connectivity index (χ1) is 10.4. The van der Waals surface area contributed by atoms with E-state index in [-0.39, 0.29) is 21.7 Å². The smallest absolute Gasteiger partial charge is 0.240 e. The minimum Gasteiger partial charge on any atom is -0.546 e. The fourth-order valence-corrected chi connectivity index (χ4v) is 4.04. The van der Waals surface area contributed by atoms with Gasteiger partial charge in [-0.1, -0.05) is 30.9 Å². The molecule has 0 amide bonds. The molecule has 0 atom stereocenters. The van der Waals surface area contributed by atoms with Crippen molar-refractivity contribution in [2.24, 2.45) is 0 Å². The molecule has 22 heavy (non-hydrogen) atoms. The number of halogens is 1. The molecule has 1 aliphatic rings. The van der Waals surface area contributed by atoms with Crippen LogP contribution >= 0.6 is 11.6 Å². The molecule has 6 nitrogen and oxygen atoms in total. The molecule has 1 aromatic carbocycles. The summed E-state index contributed by atoms with van der Waals surface area (Å²) in [7, 11) is -3.65. The number of nitrogens with one attached hydrogen (secondary N) is 1. The standard InChI is InChI=1S/C14H18ClNO5S/c15-12-8-11(6-7-13(12)21-9-14(17)18)22(19,20)16-10-4-2-1-3-5-10/h6-8,10,16H,1-5,9H2,(H,17,18)/p-1. The molecule has 0 heterocycles. The Morgan fingerprint density at radius 3 is 2.59 bits per heavy atom. The summed E-state index contributed by atoms with van der Waals surface area (Å²) in [6.07, 6.45) is 4.84. The van der Waals surface area contributed by atoms with Crippen LogP contribution < -0.4 is 14.6 Å². The number of carboxylic acids is 1. The van der Waals surface area contributed by atoms with E-state index >= 15 is 0 Å². The first kappa shape index (κ1) is 17.1. The molecule has 0 spiro atoms. The highest BCUT2D eigenvalue weighted by molar-refractivity contribution is 7.89. The Morgan fingerprint density at radius 2 is 2.00 bits per heavy atom. The van der Waals surface area contributed by atoms with Gasteiger partial charge in [-0.15, -0.1) is 0 Å². The number of rotatable bonds is 6. The Labute approximate surface area is 134 Å². The average Bonchev–Trinajstić information content (AvgIpc) is 2.46. The van der Waals surface area contributed by atoms with E-state index in [2.05, 4.69) is 4.72 Å². The van der Waals surface area contributed by atoms with Gasteiger partial charge in [-0.2, -0.15) is 0 Å². The van der Waals surface area contributed by atoms with E-state index in [1.807, 2.05) is 0 Å². The van der Waals surface area contributed by atoms with Crippen molar-refractivity contribution in [3.05, 3.63) is 23.2 Å². The van der Waals surface area contributed by atoms with Crippen molar-refractivity contribution in [3.63, 3.8) is 0 Å². The lowest BCUT2D eigenvalue weighted by Crippen LogP contribution is -2.36. The van der Waals surface area contributed by atoms with E-state index in [0.29, 0.717) is 0 Å². The van der Waals surface area contributed by atoms with Gasteiger partial charge in [0.15, 0.2) is 0 Å². The van der Waals surface area contributed by atoms with E-state index in [1.54, 1.807) is 0 Å². The van der Waals surface area contributed by atoms with E-state index in [4.69, 9.17) is 16.3 Å². The topological polar surface area (TPSA) is 95.5 Å². The van der Waals surface area contributed by atoms with Gasteiger partial charge in [0, 0.05) is 6.04 Å². The minimum absolute atomic E-state index is 0.0314. The van der Waals surface area contributed by atoms with Crippen molar-refractivity contribution in [1.29, 1.82) is 0 Å². The van der Waals surface area contributed by atoms with Crippen molar-refractivity contribution in [2.75, 3.05) is 6.61 Å². The maximum absolute atomic E-state index is 12.3. The first-order valence-corrected chi connectivity index (χ1v) is 8.89. The minimum atomic E-state index is -3.65. The van der Waals surface area contributed by atoms with Gasteiger partial charge in [0.25, 0.3) is 0 Å². The Kier molecular flexibility index (Phi) is 5.66. The third-order valence-corrected chi connectivity index (χ3v) is 5.30. The molecule has 0 aliphatic heterocycles. The molecule has 0 aromatic heterocycles. The maximum Gasteiger partial charge on any atom is 0.240 e. The third-order valence-electron chi connectivity index (χ3n) is 3.49. The summed E-state index contributed by atoms with van der Waals surface area (Å²) in [5.74, 6) is -1.28. The van der Waals surface area contributed by atoms with Crippen LogP contribution in [0.25, 0.3) is 0 Å². The molecule has 0 saturated heterocycles. The van der Waals surface area contributed by atoms with Crippen LogP contribution in [0.4, 0.5) is 0 Å². The molecule has 2 rings (SSSR count). The highest BCUT2D eigenvalue weighted by Crippen LogP contribution is 2.28. The van der Waals surface area contributed by atoms with Gasteiger partial charge < -0.3 is 14.6 Å². The Balaban J connectivity index is 2.10. The van der Waals surface area contributed by atoms with Gasteiger partial charge in [-0.05, 0) is 31.0 Å². The lowest BCUT2D eigenvalue weighted by Gasteiger charge is -2.22. The van der Waals surface area contributed by atoms with Crippen LogP contribution in [0, 0.1) is 0 Å². The zero-order valence-corrected chi connectivity index (χ0v) is 13.5. The van der Waals surface area contributed by atoms with Crippen LogP contribution in [0.2, 0.25) is 5.02 Å². The Morgan fingerprint density at radius 1 is 1.32 bits per heavy atom. The van der Waals surface area contributed by atoms with Gasteiger partial charge in [0.1, 0.15) is 12.4 Å². The van der Waals surface area contributed by atoms with Gasteiger partial charge >= 0.3 is 0 Å². The summed E-state index contributed by atoms with van der Waals surface area (Å²) in [4.78, 5) is 10.4. The lowest BCUT2D eigenvalue weighted by molar-refractivity contribution is -0.307. The van der Waals surface area contributed by atoms with Crippen molar-refractivity contribution < 1.29 is 23.1 Å². The summed E-state index contributed by atoms with van der Waals surface area (Å²) in [6.45, 7) is -0.647. The molecule has 122 valence electrons. The number of carbonyl (C=O) groups excluding carboxylic acids is 1. The molecule has 1 N–H and O–H groups in total. The number of carbonyl (C=O) groups is 1. The van der Waals surface area contributed by atoms with Crippen LogP contribution in [-0.2, 0) is 14.8 Å². The van der Waals surface area contributed by atoms with E-state index in [9.17, 15) is 18.3 Å². The number of aliphatic carboxylic acids is 1. The zero-order valence-electron chi connectivity index (χ0n) is 11.9. The van der Waals surface area contributed by atoms with Crippen LogP contribution in [0.3, 0.4) is 0 Å². The molecule has 1 aromatic rings. The SMILES string of the molecule is O=C([O-])COc1ccc(S(=O)(=O)NC2CCCCC2)cc1Cl. The van der Waals surface area contributed by atoms with Gasteiger partial charge in [-0.25, -0.2) is 13.1 Å². The second kappa shape index (κ2) is 7.30. The van der Waals surface area contributed by atoms with Crippen LogP contribution in [0.1, 0.15) is 32.1 Å². The Bertz CT molecular complexity index is 641.